The second kappa shape index (κ2) is 11.7. The van der Waals surface area contributed by atoms with Crippen molar-refractivity contribution in [2.75, 3.05) is 27.9 Å². The van der Waals surface area contributed by atoms with Crippen LogP contribution >= 0.6 is 0 Å². The maximum Gasteiger partial charge on any atom is 0.295 e. The number of likely N-dealkylation sites (tertiary alicyclic amines) is 1. The number of carbonyl (C=O) groups is 2. The normalized spacial score (nSPS) is 16.4. The Morgan fingerprint density at radius 3 is 2.26 bits per heavy atom. The van der Waals surface area contributed by atoms with Crippen molar-refractivity contribution < 1.29 is 33.6 Å². The fourth-order valence-corrected chi connectivity index (χ4v) is 4.44. The molecule has 1 unspecified atom stereocenters. The van der Waals surface area contributed by atoms with Gasteiger partial charge in [-0.1, -0.05) is 19.1 Å². The highest BCUT2D eigenvalue weighted by molar-refractivity contribution is 6.46. The van der Waals surface area contributed by atoms with E-state index >= 15 is 0 Å². The predicted molar refractivity (Wildman–Crippen MR) is 140 cm³/mol. The average Bonchev–Trinajstić information content (AvgIpc) is 3.20. The van der Waals surface area contributed by atoms with E-state index in [4.69, 9.17) is 18.9 Å². The number of methoxy groups -OCH3 is 3. The van der Waals surface area contributed by atoms with Gasteiger partial charge in [0.25, 0.3) is 11.7 Å². The number of aliphatic hydroxyl groups excluding tert-OH is 1. The standard InChI is InChI=1S/C29H30N2O7/c1-5-13-38-21-8-6-7-19(14-21)26(32)24-25(20-15-22(35-2)28(37-4)23(16-20)36-3)31(29(34)27(24)33)17-18-9-11-30-12-10-18/h6-12,14-16,25,32H,5,13,17H2,1-4H3. The largest absolute Gasteiger partial charge is 0.507 e. The Kier molecular flexibility index (Phi) is 8.15. The van der Waals surface area contributed by atoms with E-state index in [9.17, 15) is 14.7 Å². The van der Waals surface area contributed by atoms with Crippen LogP contribution < -0.4 is 18.9 Å². The van der Waals surface area contributed by atoms with Crippen molar-refractivity contribution >= 4 is 17.4 Å². The number of aliphatic hydroxyl groups is 1. The van der Waals surface area contributed by atoms with Crippen LogP contribution in [0.5, 0.6) is 23.0 Å². The van der Waals surface area contributed by atoms with Gasteiger partial charge in [-0.15, -0.1) is 0 Å². The van der Waals surface area contributed by atoms with Gasteiger partial charge in [-0.25, -0.2) is 0 Å². The van der Waals surface area contributed by atoms with Gasteiger partial charge in [-0.2, -0.15) is 0 Å². The Hall–Kier alpha value is -4.53. The van der Waals surface area contributed by atoms with Gasteiger partial charge in [0, 0.05) is 24.5 Å². The molecule has 3 aromatic rings. The van der Waals surface area contributed by atoms with Crippen LogP contribution in [-0.2, 0) is 16.1 Å². The zero-order valence-electron chi connectivity index (χ0n) is 21.8. The number of benzene rings is 2. The number of pyridine rings is 1. The Bertz CT molecular complexity index is 1330. The van der Waals surface area contributed by atoms with Crippen LogP contribution in [0.3, 0.4) is 0 Å². The van der Waals surface area contributed by atoms with Crippen molar-refractivity contribution in [3.05, 3.63) is 83.2 Å². The summed E-state index contributed by atoms with van der Waals surface area (Å²) in [4.78, 5) is 32.3. The van der Waals surface area contributed by atoms with Gasteiger partial charge in [0.1, 0.15) is 11.5 Å². The van der Waals surface area contributed by atoms with Crippen molar-refractivity contribution in [3.63, 3.8) is 0 Å². The summed E-state index contributed by atoms with van der Waals surface area (Å²) in [5.74, 6) is -0.216. The molecular weight excluding hydrogens is 488 g/mol. The third kappa shape index (κ3) is 5.13. The monoisotopic (exact) mass is 518 g/mol. The SMILES string of the molecule is CCCOc1cccc(C(O)=C2C(=O)C(=O)N(Cc3ccncc3)C2c2cc(OC)c(OC)c(OC)c2)c1. The summed E-state index contributed by atoms with van der Waals surface area (Å²) >= 11 is 0. The van der Waals surface area contributed by atoms with Gasteiger partial charge >= 0.3 is 0 Å². The number of amides is 1. The van der Waals surface area contributed by atoms with Crippen LogP contribution in [0, 0.1) is 0 Å². The van der Waals surface area contributed by atoms with Gasteiger partial charge in [0.15, 0.2) is 11.5 Å². The van der Waals surface area contributed by atoms with E-state index in [2.05, 4.69) is 4.98 Å². The molecule has 1 aromatic heterocycles. The number of carbonyl (C=O) groups excluding carboxylic acids is 2. The molecule has 0 radical (unpaired) electrons. The molecular formula is C29H30N2O7. The minimum atomic E-state index is -0.933. The first-order valence-corrected chi connectivity index (χ1v) is 12.1. The van der Waals surface area contributed by atoms with Crippen molar-refractivity contribution in [2.24, 2.45) is 0 Å². The van der Waals surface area contributed by atoms with E-state index in [1.54, 1.807) is 60.9 Å². The van der Waals surface area contributed by atoms with Gasteiger partial charge < -0.3 is 29.0 Å². The highest BCUT2D eigenvalue weighted by Gasteiger charge is 2.46. The van der Waals surface area contributed by atoms with E-state index in [0.717, 1.165) is 12.0 Å². The van der Waals surface area contributed by atoms with Gasteiger partial charge in [0.2, 0.25) is 5.75 Å². The molecule has 0 bridgehead atoms. The van der Waals surface area contributed by atoms with Gasteiger partial charge in [-0.05, 0) is 53.9 Å². The minimum Gasteiger partial charge on any atom is -0.507 e. The molecule has 2 aromatic carbocycles. The molecule has 0 aliphatic carbocycles. The number of hydrogen-bond acceptors (Lipinski definition) is 8. The Labute approximate surface area is 221 Å². The third-order valence-corrected chi connectivity index (χ3v) is 6.23. The molecule has 2 heterocycles. The van der Waals surface area contributed by atoms with Crippen LogP contribution in [0.15, 0.2) is 66.5 Å². The summed E-state index contributed by atoms with van der Waals surface area (Å²) in [6.07, 6.45) is 4.04. The van der Waals surface area contributed by atoms with Crippen molar-refractivity contribution in [3.8, 4) is 23.0 Å². The highest BCUT2D eigenvalue weighted by Crippen LogP contribution is 2.46. The summed E-state index contributed by atoms with van der Waals surface area (Å²) < 4.78 is 22.2. The molecule has 9 heteroatoms. The predicted octanol–water partition coefficient (Wildman–Crippen LogP) is 4.52. The average molecular weight is 519 g/mol. The van der Waals surface area contributed by atoms with Gasteiger partial charge in [0.05, 0.1) is 39.6 Å². The summed E-state index contributed by atoms with van der Waals surface area (Å²) in [6, 6.07) is 12.7. The number of ketones is 1. The van der Waals surface area contributed by atoms with E-state index in [-0.39, 0.29) is 17.9 Å². The minimum absolute atomic E-state index is 0.0500. The maximum absolute atomic E-state index is 13.5. The Morgan fingerprint density at radius 2 is 1.66 bits per heavy atom. The molecule has 1 aliphatic heterocycles. The van der Waals surface area contributed by atoms with E-state index < -0.39 is 17.7 Å². The third-order valence-electron chi connectivity index (χ3n) is 6.23. The van der Waals surface area contributed by atoms with E-state index in [1.165, 1.54) is 26.2 Å². The molecule has 198 valence electrons. The molecule has 38 heavy (non-hydrogen) atoms. The fraction of sp³-hybridized carbons (Fsp3) is 0.276. The molecule has 0 spiro atoms. The quantitative estimate of drug-likeness (QED) is 0.237. The van der Waals surface area contributed by atoms with Crippen LogP contribution in [0.2, 0.25) is 0 Å². The summed E-state index contributed by atoms with van der Waals surface area (Å²) in [5, 5.41) is 11.5. The lowest BCUT2D eigenvalue weighted by Crippen LogP contribution is -2.29. The number of hydrogen-bond donors (Lipinski definition) is 1. The number of Topliss-reactive ketones (excluding diaryl/α,β-unsaturated/α-hetero) is 1. The molecule has 1 amide bonds. The molecule has 1 fully saturated rings. The number of ether oxygens (including phenoxy) is 4. The second-order valence-electron chi connectivity index (χ2n) is 8.62. The fourth-order valence-electron chi connectivity index (χ4n) is 4.44. The number of rotatable bonds is 10. The maximum atomic E-state index is 13.5. The summed E-state index contributed by atoms with van der Waals surface area (Å²) in [5.41, 5.74) is 1.59. The van der Waals surface area contributed by atoms with E-state index in [0.29, 0.717) is 40.7 Å². The summed E-state index contributed by atoms with van der Waals surface area (Å²) in [7, 11) is 4.46. The second-order valence-corrected chi connectivity index (χ2v) is 8.62. The molecule has 1 saturated heterocycles. The molecule has 1 aliphatic rings. The van der Waals surface area contributed by atoms with Crippen LogP contribution in [0.4, 0.5) is 0 Å². The summed E-state index contributed by atoms with van der Waals surface area (Å²) in [6.45, 7) is 2.61. The van der Waals surface area contributed by atoms with Crippen LogP contribution in [0.1, 0.15) is 36.1 Å². The van der Waals surface area contributed by atoms with Gasteiger partial charge in [-0.3, -0.25) is 14.6 Å². The lowest BCUT2D eigenvalue weighted by Gasteiger charge is -2.26. The highest BCUT2D eigenvalue weighted by atomic mass is 16.5. The molecule has 9 nitrogen and oxygen atoms in total. The first-order chi connectivity index (χ1) is 18.4. The Morgan fingerprint density at radius 1 is 0.974 bits per heavy atom. The first kappa shape index (κ1) is 26.5. The zero-order chi connectivity index (χ0) is 27.2. The number of nitrogens with zero attached hydrogens (tertiary/aromatic N) is 2. The van der Waals surface area contributed by atoms with E-state index in [1.807, 2.05) is 6.92 Å². The lowest BCUT2D eigenvalue weighted by atomic mass is 9.94. The Balaban J connectivity index is 1.91. The molecule has 0 saturated carbocycles. The number of aromatic nitrogens is 1. The zero-order valence-corrected chi connectivity index (χ0v) is 21.8. The van der Waals surface area contributed by atoms with Crippen LogP contribution in [0.25, 0.3) is 5.76 Å². The first-order valence-electron chi connectivity index (χ1n) is 12.1. The molecule has 1 N–H and O–H groups in total. The topological polar surface area (TPSA) is 107 Å². The van der Waals surface area contributed by atoms with Crippen molar-refractivity contribution in [2.45, 2.75) is 25.9 Å². The van der Waals surface area contributed by atoms with Crippen molar-refractivity contribution in [1.29, 1.82) is 0 Å². The molecule has 4 rings (SSSR count). The lowest BCUT2D eigenvalue weighted by molar-refractivity contribution is -0.140. The van der Waals surface area contributed by atoms with Crippen LogP contribution in [-0.4, -0.2) is 54.6 Å². The molecule has 1 atom stereocenters. The smallest absolute Gasteiger partial charge is 0.295 e. The van der Waals surface area contributed by atoms with Crippen molar-refractivity contribution in [1.82, 2.24) is 9.88 Å².